The second-order valence-corrected chi connectivity index (χ2v) is 7.77. The van der Waals surface area contributed by atoms with Crippen LogP contribution in [0.2, 0.25) is 0 Å². The zero-order chi connectivity index (χ0) is 20.1. The van der Waals surface area contributed by atoms with Crippen molar-refractivity contribution in [1.29, 1.82) is 0 Å². The van der Waals surface area contributed by atoms with Gasteiger partial charge < -0.3 is 9.64 Å². The minimum Gasteiger partial charge on any atom is -0.466 e. The van der Waals surface area contributed by atoms with Crippen LogP contribution in [0.5, 0.6) is 0 Å². The molecule has 2 aromatic carbocycles. The third kappa shape index (κ3) is 4.37. The van der Waals surface area contributed by atoms with Crippen molar-refractivity contribution in [2.75, 3.05) is 21.2 Å². The van der Waals surface area contributed by atoms with Crippen molar-refractivity contribution < 1.29 is 14.3 Å². The highest BCUT2D eigenvalue weighted by molar-refractivity contribution is 8.07. The molecule has 0 spiro atoms. The second-order valence-electron chi connectivity index (χ2n) is 6.71. The number of carbonyl (C=O) groups is 2. The van der Waals surface area contributed by atoms with E-state index in [0.29, 0.717) is 11.1 Å². The van der Waals surface area contributed by atoms with Gasteiger partial charge in [-0.2, -0.15) is 0 Å². The summed E-state index contributed by atoms with van der Waals surface area (Å²) in [5, 5.41) is 0.819. The molecule has 0 N–H and O–H groups in total. The molecule has 0 fully saturated rings. The monoisotopic (exact) mass is 393 g/mol. The average Bonchev–Trinajstić information content (AvgIpc) is 3.07. The predicted octanol–water partition coefficient (Wildman–Crippen LogP) is 4.61. The van der Waals surface area contributed by atoms with Crippen LogP contribution in [0.25, 0.3) is 6.08 Å². The Kier molecular flexibility index (Phi) is 6.37. The van der Waals surface area contributed by atoms with Gasteiger partial charge in [-0.3, -0.25) is 4.79 Å². The molecule has 0 radical (unpaired) electrons. The van der Waals surface area contributed by atoms with Gasteiger partial charge in [0.05, 0.1) is 17.7 Å². The first kappa shape index (κ1) is 20.0. The number of thioether (sulfide) groups is 1. The zero-order valence-electron chi connectivity index (χ0n) is 16.2. The first-order valence-electron chi connectivity index (χ1n) is 9.03. The number of rotatable bonds is 6. The summed E-state index contributed by atoms with van der Waals surface area (Å²) in [5.74, 6) is -0.715. The second kappa shape index (κ2) is 8.93. The third-order valence-corrected chi connectivity index (χ3v) is 5.96. The van der Waals surface area contributed by atoms with Crippen molar-refractivity contribution in [3.05, 3.63) is 87.3 Å². The van der Waals surface area contributed by atoms with Gasteiger partial charge in [0.15, 0.2) is 5.78 Å². The molecule has 5 heteroatoms. The van der Waals surface area contributed by atoms with Crippen LogP contribution in [0.4, 0.5) is 0 Å². The standard InChI is InChI=1S/C23H23NO3S/c1-24(2)22-21(23(26)27-3)18(15-19(25)17-12-8-5-9-13-17)20(28-22)14-16-10-6-4-7-11-16/h4-14,18H,15H2,1-3H3/b20-14-. The fraction of sp³-hybridized carbons (Fsp3) is 0.217. The van der Waals surface area contributed by atoms with Crippen LogP contribution in [0.1, 0.15) is 22.3 Å². The van der Waals surface area contributed by atoms with E-state index in [-0.39, 0.29) is 18.1 Å². The first-order valence-corrected chi connectivity index (χ1v) is 9.85. The van der Waals surface area contributed by atoms with Crippen molar-refractivity contribution in [1.82, 2.24) is 4.90 Å². The molecule has 2 aromatic rings. The summed E-state index contributed by atoms with van der Waals surface area (Å²) in [4.78, 5) is 28.4. The number of nitrogens with zero attached hydrogens (tertiary/aromatic N) is 1. The molecule has 3 rings (SSSR count). The van der Waals surface area contributed by atoms with Gasteiger partial charge in [0.25, 0.3) is 0 Å². The minimum absolute atomic E-state index is 0.00608. The lowest BCUT2D eigenvalue weighted by molar-refractivity contribution is -0.136. The molecule has 4 nitrogen and oxygen atoms in total. The molecule has 1 atom stereocenters. The van der Waals surface area contributed by atoms with Gasteiger partial charge in [0.2, 0.25) is 0 Å². The zero-order valence-corrected chi connectivity index (χ0v) is 17.0. The third-order valence-electron chi connectivity index (χ3n) is 4.54. The fourth-order valence-corrected chi connectivity index (χ4v) is 4.45. The van der Waals surface area contributed by atoms with Gasteiger partial charge in [-0.25, -0.2) is 4.79 Å². The number of esters is 1. The van der Waals surface area contributed by atoms with Crippen molar-refractivity contribution in [3.8, 4) is 0 Å². The number of benzene rings is 2. The van der Waals surface area contributed by atoms with Crippen molar-refractivity contribution in [2.24, 2.45) is 5.92 Å². The summed E-state index contributed by atoms with van der Waals surface area (Å²) in [6, 6.07) is 19.1. The van der Waals surface area contributed by atoms with Crippen molar-refractivity contribution in [3.63, 3.8) is 0 Å². The highest BCUT2D eigenvalue weighted by atomic mass is 32.2. The molecule has 1 heterocycles. The van der Waals surface area contributed by atoms with Gasteiger partial charge in [-0.15, -0.1) is 0 Å². The maximum absolute atomic E-state index is 12.9. The number of Topliss-reactive ketones (excluding diaryl/α,β-unsaturated/α-hetero) is 1. The van der Waals surface area contributed by atoms with Crippen LogP contribution in [0.3, 0.4) is 0 Å². The van der Waals surface area contributed by atoms with Gasteiger partial charge in [-0.1, -0.05) is 72.4 Å². The van der Waals surface area contributed by atoms with Crippen LogP contribution in [0.15, 0.2) is 76.2 Å². The normalized spacial score (nSPS) is 17.7. The molecule has 28 heavy (non-hydrogen) atoms. The molecule has 1 aliphatic heterocycles. The van der Waals surface area contributed by atoms with E-state index >= 15 is 0 Å². The Hall–Kier alpha value is -2.79. The van der Waals surface area contributed by atoms with E-state index in [0.717, 1.165) is 15.5 Å². The smallest absolute Gasteiger partial charge is 0.337 e. The quantitative estimate of drug-likeness (QED) is 0.530. The van der Waals surface area contributed by atoms with Gasteiger partial charge in [0.1, 0.15) is 0 Å². The highest BCUT2D eigenvalue weighted by Crippen LogP contribution is 2.49. The Balaban J connectivity index is 2.02. The number of hydrogen-bond acceptors (Lipinski definition) is 5. The summed E-state index contributed by atoms with van der Waals surface area (Å²) < 4.78 is 5.06. The molecular formula is C23H23NO3S. The number of hydrogen-bond donors (Lipinski definition) is 0. The lowest BCUT2D eigenvalue weighted by Crippen LogP contribution is -2.20. The maximum atomic E-state index is 12.9. The van der Waals surface area contributed by atoms with Crippen molar-refractivity contribution >= 4 is 29.6 Å². The fourth-order valence-electron chi connectivity index (χ4n) is 3.17. The molecule has 0 aliphatic carbocycles. The van der Waals surface area contributed by atoms with Crippen molar-refractivity contribution in [2.45, 2.75) is 6.42 Å². The lowest BCUT2D eigenvalue weighted by atomic mass is 9.90. The van der Waals surface area contributed by atoms with Crippen LogP contribution < -0.4 is 0 Å². The molecule has 0 aromatic heterocycles. The number of carbonyl (C=O) groups excluding carboxylic acids is 2. The molecule has 0 saturated carbocycles. The summed E-state index contributed by atoms with van der Waals surface area (Å²) >= 11 is 1.52. The van der Waals surface area contributed by atoms with E-state index in [4.69, 9.17) is 4.74 Å². The van der Waals surface area contributed by atoms with Crippen LogP contribution in [-0.2, 0) is 9.53 Å². The molecule has 0 amide bonds. The highest BCUT2D eigenvalue weighted by Gasteiger charge is 2.38. The molecular weight excluding hydrogens is 370 g/mol. The maximum Gasteiger partial charge on any atom is 0.337 e. The largest absolute Gasteiger partial charge is 0.466 e. The Morgan fingerprint density at radius 2 is 1.64 bits per heavy atom. The Bertz CT molecular complexity index is 917. The summed E-state index contributed by atoms with van der Waals surface area (Å²) in [7, 11) is 5.17. The summed E-state index contributed by atoms with van der Waals surface area (Å²) in [6.45, 7) is 0. The van der Waals surface area contributed by atoms with E-state index in [2.05, 4.69) is 0 Å². The van der Waals surface area contributed by atoms with Crippen LogP contribution in [0, 0.1) is 5.92 Å². The van der Waals surface area contributed by atoms with Gasteiger partial charge >= 0.3 is 5.97 Å². The Morgan fingerprint density at radius 3 is 2.21 bits per heavy atom. The van der Waals surface area contributed by atoms with E-state index < -0.39 is 5.97 Å². The van der Waals surface area contributed by atoms with Crippen LogP contribution in [-0.4, -0.2) is 37.9 Å². The molecule has 0 bridgehead atoms. The van der Waals surface area contributed by atoms with Gasteiger partial charge in [0, 0.05) is 36.9 Å². The van der Waals surface area contributed by atoms with E-state index in [1.54, 1.807) is 12.1 Å². The Morgan fingerprint density at radius 1 is 1.04 bits per heavy atom. The topological polar surface area (TPSA) is 46.6 Å². The average molecular weight is 394 g/mol. The van der Waals surface area contributed by atoms with Gasteiger partial charge in [-0.05, 0) is 11.6 Å². The minimum atomic E-state index is -0.390. The molecule has 1 unspecified atom stereocenters. The molecule has 0 saturated heterocycles. The molecule has 1 aliphatic rings. The van der Waals surface area contributed by atoms with E-state index in [1.165, 1.54) is 18.9 Å². The van der Waals surface area contributed by atoms with Crippen LogP contribution >= 0.6 is 11.8 Å². The molecule has 144 valence electrons. The number of ketones is 1. The summed E-state index contributed by atoms with van der Waals surface area (Å²) in [6.07, 6.45) is 2.27. The number of ether oxygens (including phenoxy) is 1. The Labute approximate surface area is 169 Å². The summed E-state index contributed by atoms with van der Waals surface area (Å²) in [5.41, 5.74) is 2.23. The number of allylic oxidation sites excluding steroid dienone is 1. The first-order chi connectivity index (χ1) is 13.5. The lowest BCUT2D eigenvalue weighted by Gasteiger charge is -2.16. The SMILES string of the molecule is COC(=O)C1=C(N(C)C)S/C(=C\c2ccccc2)C1CC(=O)c1ccccc1. The van der Waals surface area contributed by atoms with E-state index in [9.17, 15) is 9.59 Å². The van der Waals surface area contributed by atoms with E-state index in [1.807, 2.05) is 73.6 Å². The number of methoxy groups -OCH3 is 1. The predicted molar refractivity (Wildman–Crippen MR) is 114 cm³/mol.